The van der Waals surface area contributed by atoms with Crippen LogP contribution in [-0.2, 0) is 28.6 Å². The smallest absolute Gasteiger partial charge is 0.362 e. The van der Waals surface area contributed by atoms with E-state index in [0.717, 1.165) is 96.3 Å². The number of aliphatic carboxylic acids is 1. The molecule has 0 aliphatic rings. The minimum absolute atomic E-state index is 0.0500. The first-order valence-electron chi connectivity index (χ1n) is 23.5. The number of carbonyl (C=O) groups is 3. The van der Waals surface area contributed by atoms with Crippen molar-refractivity contribution < 1.29 is 38.2 Å². The summed E-state index contributed by atoms with van der Waals surface area (Å²) in [6.45, 7) is 4.55. The van der Waals surface area contributed by atoms with Crippen LogP contribution in [0, 0.1) is 0 Å². The van der Waals surface area contributed by atoms with Crippen LogP contribution in [0.15, 0.2) is 72.9 Å². The van der Waals surface area contributed by atoms with E-state index in [1.54, 1.807) is 0 Å². The Morgan fingerprint density at radius 1 is 0.525 bits per heavy atom. The van der Waals surface area contributed by atoms with Gasteiger partial charge in [0.15, 0.2) is 12.1 Å². The third-order valence-electron chi connectivity index (χ3n) is 10.1. The number of rotatable bonds is 41. The Morgan fingerprint density at radius 3 is 1.41 bits per heavy atom. The average molecular weight is 827 g/mol. The van der Waals surface area contributed by atoms with Gasteiger partial charge in [-0.2, -0.15) is 0 Å². The van der Waals surface area contributed by atoms with Crippen molar-refractivity contribution in [2.75, 3.05) is 41.0 Å². The minimum atomic E-state index is -0.881. The van der Waals surface area contributed by atoms with Crippen molar-refractivity contribution in [2.24, 2.45) is 0 Å². The number of hydrogen-bond acceptors (Lipinski definition) is 6. The maximum absolute atomic E-state index is 12.8. The maximum Gasteiger partial charge on any atom is 0.362 e. The van der Waals surface area contributed by atoms with E-state index in [0.29, 0.717) is 19.3 Å². The summed E-state index contributed by atoms with van der Waals surface area (Å²) in [4.78, 5) is 37.0. The first-order chi connectivity index (χ1) is 28.6. The van der Waals surface area contributed by atoms with Crippen LogP contribution in [0.3, 0.4) is 0 Å². The molecule has 0 aromatic rings. The SMILES string of the molecule is CC/C=C\C/C=C\C/C=C\C/C=C\CCCCCCCCCCC(=O)OC(COCCC(C(=O)O)[N+](C)(C)C)COC(=O)CCCCCCC/C=C\C/C=C\CCCC. The molecule has 0 heterocycles. The Kier molecular flexibility index (Phi) is 39.2. The normalized spacial score (nSPS) is 13.6. The standard InChI is InChI=1S/C51H87NO7/c1-6-8-10-12-14-16-18-20-22-23-24-25-26-27-28-30-32-34-36-38-40-42-50(54)59-47(45-57-44-43-48(51(55)56)52(3,4)5)46-58-49(53)41-39-37-35-33-31-29-21-19-17-15-13-11-9-7-2/h8,10,13-16,19-22,24-25,47-48H,6-7,9,11-12,17-18,23,26-46H2,1-5H3/p+1/b10-8-,15-13-,16-14-,21-19-,22-20-,25-24-. The zero-order chi connectivity index (χ0) is 43.5. The molecule has 0 spiro atoms. The lowest BCUT2D eigenvalue weighted by atomic mass is 10.1. The molecular weight excluding hydrogens is 739 g/mol. The molecule has 0 saturated heterocycles. The largest absolute Gasteiger partial charge is 0.477 e. The van der Waals surface area contributed by atoms with Crippen LogP contribution in [0.1, 0.15) is 181 Å². The second kappa shape index (κ2) is 41.5. The fourth-order valence-electron chi connectivity index (χ4n) is 6.45. The summed E-state index contributed by atoms with van der Waals surface area (Å²) in [6.07, 6.45) is 52.3. The molecule has 0 bridgehead atoms. The third kappa shape index (κ3) is 40.0. The summed E-state index contributed by atoms with van der Waals surface area (Å²) in [5.74, 6) is -1.50. The highest BCUT2D eigenvalue weighted by Crippen LogP contribution is 2.14. The fourth-order valence-corrected chi connectivity index (χ4v) is 6.45. The number of allylic oxidation sites excluding steroid dienone is 12. The van der Waals surface area contributed by atoms with Gasteiger partial charge >= 0.3 is 17.9 Å². The second-order valence-corrected chi connectivity index (χ2v) is 16.6. The quantitative estimate of drug-likeness (QED) is 0.0284. The van der Waals surface area contributed by atoms with Crippen LogP contribution >= 0.6 is 0 Å². The molecule has 1 N–H and O–H groups in total. The summed E-state index contributed by atoms with van der Waals surface area (Å²) in [6, 6.07) is -0.621. The van der Waals surface area contributed by atoms with E-state index in [1.807, 2.05) is 21.1 Å². The Bertz CT molecular complexity index is 1190. The van der Waals surface area contributed by atoms with Crippen molar-refractivity contribution in [3.05, 3.63) is 72.9 Å². The Labute approximate surface area is 361 Å². The lowest BCUT2D eigenvalue weighted by Crippen LogP contribution is -2.50. The number of nitrogens with zero attached hydrogens (tertiary/aromatic N) is 1. The molecule has 0 rings (SSSR count). The summed E-state index contributed by atoms with van der Waals surface area (Å²) >= 11 is 0. The second-order valence-electron chi connectivity index (χ2n) is 16.6. The van der Waals surface area contributed by atoms with Gasteiger partial charge in [0.25, 0.3) is 0 Å². The minimum Gasteiger partial charge on any atom is -0.477 e. The van der Waals surface area contributed by atoms with Gasteiger partial charge in [-0.05, 0) is 77.0 Å². The number of esters is 2. The summed E-state index contributed by atoms with van der Waals surface area (Å²) in [7, 11) is 5.52. The summed E-state index contributed by atoms with van der Waals surface area (Å²) < 4.78 is 17.3. The van der Waals surface area contributed by atoms with E-state index in [2.05, 4.69) is 86.8 Å². The van der Waals surface area contributed by atoms with E-state index in [9.17, 15) is 19.5 Å². The van der Waals surface area contributed by atoms with Gasteiger partial charge in [0.05, 0.1) is 34.4 Å². The van der Waals surface area contributed by atoms with Gasteiger partial charge in [-0.25, -0.2) is 4.79 Å². The van der Waals surface area contributed by atoms with Crippen molar-refractivity contribution in [1.29, 1.82) is 0 Å². The van der Waals surface area contributed by atoms with E-state index in [1.165, 1.54) is 51.4 Å². The molecule has 0 fully saturated rings. The Morgan fingerprint density at radius 2 is 0.949 bits per heavy atom. The van der Waals surface area contributed by atoms with Crippen molar-refractivity contribution in [1.82, 2.24) is 0 Å². The van der Waals surface area contributed by atoms with Crippen molar-refractivity contribution >= 4 is 17.9 Å². The zero-order valence-corrected chi connectivity index (χ0v) is 38.4. The molecule has 0 amide bonds. The van der Waals surface area contributed by atoms with Crippen LogP contribution in [0.5, 0.6) is 0 Å². The molecule has 2 atom stereocenters. The third-order valence-corrected chi connectivity index (χ3v) is 10.1. The first kappa shape index (κ1) is 55.8. The number of hydrogen-bond donors (Lipinski definition) is 1. The van der Waals surface area contributed by atoms with Crippen molar-refractivity contribution in [3.63, 3.8) is 0 Å². The van der Waals surface area contributed by atoms with E-state index in [4.69, 9.17) is 14.2 Å². The first-order valence-corrected chi connectivity index (χ1v) is 23.5. The summed E-state index contributed by atoms with van der Waals surface area (Å²) in [5, 5.41) is 9.63. The fraction of sp³-hybridized carbons (Fsp3) is 0.706. The number of carboxylic acids is 1. The zero-order valence-electron chi connectivity index (χ0n) is 38.4. The lowest BCUT2D eigenvalue weighted by Gasteiger charge is -2.31. The predicted octanol–water partition coefficient (Wildman–Crippen LogP) is 13.1. The average Bonchev–Trinajstić information content (AvgIpc) is 3.19. The van der Waals surface area contributed by atoms with E-state index in [-0.39, 0.29) is 36.2 Å². The molecule has 0 aromatic carbocycles. The lowest BCUT2D eigenvalue weighted by molar-refractivity contribution is -0.887. The highest BCUT2D eigenvalue weighted by molar-refractivity contribution is 5.72. The van der Waals surface area contributed by atoms with E-state index >= 15 is 0 Å². The maximum atomic E-state index is 12.8. The number of carbonyl (C=O) groups excluding carboxylic acids is 2. The molecule has 8 heteroatoms. The van der Waals surface area contributed by atoms with Gasteiger partial charge in [-0.3, -0.25) is 9.59 Å². The number of carboxylic acid groups (broad SMARTS) is 1. The number of ether oxygens (including phenoxy) is 3. The van der Waals surface area contributed by atoms with Crippen LogP contribution in [0.25, 0.3) is 0 Å². The molecule has 0 radical (unpaired) electrons. The molecule has 2 unspecified atom stereocenters. The van der Waals surface area contributed by atoms with Crippen molar-refractivity contribution in [3.8, 4) is 0 Å². The molecule has 0 saturated carbocycles. The van der Waals surface area contributed by atoms with Gasteiger partial charge in [0.1, 0.15) is 6.61 Å². The topological polar surface area (TPSA) is 99.1 Å². The van der Waals surface area contributed by atoms with Crippen LogP contribution in [0.2, 0.25) is 0 Å². The van der Waals surface area contributed by atoms with Gasteiger partial charge in [-0.15, -0.1) is 0 Å². The highest BCUT2D eigenvalue weighted by atomic mass is 16.6. The monoisotopic (exact) mass is 827 g/mol. The molecule has 59 heavy (non-hydrogen) atoms. The van der Waals surface area contributed by atoms with E-state index < -0.39 is 18.1 Å². The summed E-state index contributed by atoms with van der Waals surface area (Å²) in [5.41, 5.74) is 0. The Balaban J connectivity index is 4.33. The van der Waals surface area contributed by atoms with Crippen LogP contribution < -0.4 is 0 Å². The van der Waals surface area contributed by atoms with Crippen LogP contribution in [-0.4, -0.2) is 80.6 Å². The van der Waals surface area contributed by atoms with Gasteiger partial charge in [0.2, 0.25) is 0 Å². The Hall–Kier alpha value is -3.23. The molecule has 0 aromatic heterocycles. The number of quaternary nitrogens is 1. The predicted molar refractivity (Wildman–Crippen MR) is 247 cm³/mol. The van der Waals surface area contributed by atoms with Crippen LogP contribution in [0.4, 0.5) is 0 Å². The number of likely N-dealkylation sites (N-methyl/N-ethyl adjacent to an activating group) is 1. The van der Waals surface area contributed by atoms with Gasteiger partial charge in [0, 0.05) is 19.3 Å². The highest BCUT2D eigenvalue weighted by Gasteiger charge is 2.31. The molecular formula is C51H88NO7+. The molecule has 8 nitrogen and oxygen atoms in total. The van der Waals surface area contributed by atoms with Crippen molar-refractivity contribution in [2.45, 2.75) is 193 Å². The molecule has 0 aliphatic heterocycles. The van der Waals surface area contributed by atoms with Gasteiger partial charge in [-0.1, -0.05) is 157 Å². The van der Waals surface area contributed by atoms with Gasteiger partial charge < -0.3 is 23.8 Å². The molecule has 338 valence electrons. The number of unbranched alkanes of at least 4 members (excludes halogenated alkanes) is 15. The molecule has 0 aliphatic carbocycles.